The lowest BCUT2D eigenvalue weighted by atomic mass is 10.3. The number of ether oxygens (including phenoxy) is 1. The third-order valence-electron chi connectivity index (χ3n) is 2.46. The van der Waals surface area contributed by atoms with Crippen LogP contribution in [-0.2, 0) is 18.4 Å². The van der Waals surface area contributed by atoms with E-state index in [0.29, 0.717) is 6.61 Å². The van der Waals surface area contributed by atoms with Crippen molar-refractivity contribution in [3.63, 3.8) is 0 Å². The highest BCUT2D eigenvalue weighted by Gasteiger charge is 2.09. The second kappa shape index (κ2) is 4.24. The van der Waals surface area contributed by atoms with Crippen molar-refractivity contribution in [3.05, 3.63) is 24.0 Å². The van der Waals surface area contributed by atoms with Gasteiger partial charge in [0, 0.05) is 19.1 Å². The van der Waals surface area contributed by atoms with E-state index in [1.54, 1.807) is 18.9 Å². The topological polar surface area (TPSA) is 27.1 Å². The fourth-order valence-electron chi connectivity index (χ4n) is 1.66. The van der Waals surface area contributed by atoms with Crippen LogP contribution in [-0.4, -0.2) is 22.9 Å². The molecule has 0 bridgehead atoms. The molecule has 0 radical (unpaired) electrons. The maximum Gasteiger partial charge on any atom is 0.135 e. The van der Waals surface area contributed by atoms with E-state index in [1.165, 1.54) is 4.90 Å². The summed E-state index contributed by atoms with van der Waals surface area (Å²) in [7, 11) is 3.71. The Morgan fingerprint density at radius 1 is 1.47 bits per heavy atom. The molecule has 1 aromatic heterocycles. The minimum Gasteiger partial charge on any atom is -0.377 e. The van der Waals surface area contributed by atoms with Crippen molar-refractivity contribution in [1.82, 2.24) is 9.55 Å². The van der Waals surface area contributed by atoms with E-state index in [4.69, 9.17) is 4.74 Å². The van der Waals surface area contributed by atoms with Gasteiger partial charge in [0.25, 0.3) is 0 Å². The van der Waals surface area contributed by atoms with Gasteiger partial charge in [0.05, 0.1) is 5.52 Å². The Balaban J connectivity index is 2.64. The zero-order chi connectivity index (χ0) is 10.8. The fourth-order valence-corrected chi connectivity index (χ4v) is 2.22. The van der Waals surface area contributed by atoms with Gasteiger partial charge in [-0.3, -0.25) is 0 Å². The molecule has 0 N–H and O–H groups in total. The summed E-state index contributed by atoms with van der Waals surface area (Å²) in [6, 6.07) is 6.24. The minimum absolute atomic E-state index is 0.555. The summed E-state index contributed by atoms with van der Waals surface area (Å²) >= 11 is 1.72. The summed E-state index contributed by atoms with van der Waals surface area (Å²) < 4.78 is 7.20. The summed E-state index contributed by atoms with van der Waals surface area (Å²) in [5.41, 5.74) is 2.23. The van der Waals surface area contributed by atoms with Crippen molar-refractivity contribution in [2.24, 2.45) is 7.05 Å². The van der Waals surface area contributed by atoms with Gasteiger partial charge in [0.15, 0.2) is 0 Å². The van der Waals surface area contributed by atoms with Gasteiger partial charge in [-0.1, -0.05) is 6.07 Å². The number of fused-ring (bicyclic) bond motifs is 1. The number of aryl methyl sites for hydroxylation is 1. The molecule has 1 heterocycles. The van der Waals surface area contributed by atoms with Crippen molar-refractivity contribution in [2.45, 2.75) is 11.5 Å². The molecule has 0 aliphatic rings. The van der Waals surface area contributed by atoms with Crippen LogP contribution in [0.3, 0.4) is 0 Å². The third-order valence-corrected chi connectivity index (χ3v) is 3.23. The molecule has 0 saturated carbocycles. The first-order valence-electron chi connectivity index (χ1n) is 4.75. The van der Waals surface area contributed by atoms with Gasteiger partial charge in [-0.25, -0.2) is 4.98 Å². The number of imidazole rings is 1. The molecule has 0 aliphatic carbocycles. The predicted octanol–water partition coefficient (Wildman–Crippen LogP) is 2.44. The Bertz CT molecular complexity index is 479. The second-order valence-corrected chi connectivity index (χ2v) is 4.20. The molecule has 0 unspecified atom stereocenters. The summed E-state index contributed by atoms with van der Waals surface area (Å²) in [6.45, 7) is 0.555. The van der Waals surface area contributed by atoms with Gasteiger partial charge >= 0.3 is 0 Å². The molecule has 0 atom stereocenters. The zero-order valence-electron chi connectivity index (χ0n) is 9.15. The van der Waals surface area contributed by atoms with Crippen molar-refractivity contribution in [1.29, 1.82) is 0 Å². The SMILES string of the molecule is COCc1nc2c(SC)cccc2n1C. The average Bonchev–Trinajstić information content (AvgIpc) is 2.57. The predicted molar refractivity (Wildman–Crippen MR) is 63.2 cm³/mol. The molecule has 0 spiro atoms. The smallest absolute Gasteiger partial charge is 0.135 e. The number of hydrogen-bond acceptors (Lipinski definition) is 3. The van der Waals surface area contributed by atoms with E-state index in [1.807, 2.05) is 7.05 Å². The molecule has 2 rings (SSSR count). The Kier molecular flexibility index (Phi) is 2.98. The number of nitrogens with zero attached hydrogens (tertiary/aromatic N) is 2. The first-order valence-corrected chi connectivity index (χ1v) is 5.97. The molecule has 80 valence electrons. The minimum atomic E-state index is 0.555. The molecule has 4 heteroatoms. The van der Waals surface area contributed by atoms with Gasteiger partial charge in [-0.15, -0.1) is 11.8 Å². The standard InChI is InChI=1S/C11H14N2OS/c1-13-8-5-4-6-9(15-3)11(8)12-10(13)7-14-2/h4-6H,7H2,1-3H3. The Labute approximate surface area is 93.4 Å². The maximum atomic E-state index is 5.12. The van der Waals surface area contributed by atoms with E-state index >= 15 is 0 Å². The Hall–Kier alpha value is -1.00. The Morgan fingerprint density at radius 3 is 2.93 bits per heavy atom. The van der Waals surface area contributed by atoms with Crippen molar-refractivity contribution in [3.8, 4) is 0 Å². The van der Waals surface area contributed by atoms with Crippen LogP contribution in [0.4, 0.5) is 0 Å². The molecule has 2 aromatic rings. The van der Waals surface area contributed by atoms with Gasteiger partial charge in [0.1, 0.15) is 17.9 Å². The highest BCUT2D eigenvalue weighted by molar-refractivity contribution is 7.98. The molecule has 3 nitrogen and oxygen atoms in total. The number of aromatic nitrogens is 2. The van der Waals surface area contributed by atoms with Crippen LogP contribution in [0.2, 0.25) is 0 Å². The number of hydrogen-bond donors (Lipinski definition) is 0. The largest absolute Gasteiger partial charge is 0.377 e. The molecular formula is C11H14N2OS. The molecule has 0 fully saturated rings. The highest BCUT2D eigenvalue weighted by atomic mass is 32.2. The summed E-state index contributed by atoms with van der Waals surface area (Å²) in [5, 5.41) is 0. The van der Waals surface area contributed by atoms with Crippen LogP contribution in [0.15, 0.2) is 23.1 Å². The maximum absolute atomic E-state index is 5.12. The van der Waals surface area contributed by atoms with Crippen LogP contribution in [0.25, 0.3) is 11.0 Å². The second-order valence-electron chi connectivity index (χ2n) is 3.35. The van der Waals surface area contributed by atoms with Gasteiger partial charge in [-0.05, 0) is 18.4 Å². The summed E-state index contributed by atoms with van der Waals surface area (Å²) in [6.07, 6.45) is 2.07. The molecule has 1 aromatic carbocycles. The van der Waals surface area contributed by atoms with Gasteiger partial charge < -0.3 is 9.30 Å². The zero-order valence-corrected chi connectivity index (χ0v) is 9.97. The van der Waals surface area contributed by atoms with Crippen molar-refractivity contribution >= 4 is 22.8 Å². The number of rotatable bonds is 3. The van der Waals surface area contributed by atoms with E-state index in [0.717, 1.165) is 16.9 Å². The molecule has 0 amide bonds. The number of benzene rings is 1. The lowest BCUT2D eigenvalue weighted by Gasteiger charge is -2.00. The molecule has 0 saturated heterocycles. The van der Waals surface area contributed by atoms with E-state index in [9.17, 15) is 0 Å². The monoisotopic (exact) mass is 222 g/mol. The lowest BCUT2D eigenvalue weighted by Crippen LogP contribution is -1.98. The summed E-state index contributed by atoms with van der Waals surface area (Å²) in [4.78, 5) is 5.80. The molecule has 0 aliphatic heterocycles. The molecule has 15 heavy (non-hydrogen) atoms. The Morgan fingerprint density at radius 2 is 2.27 bits per heavy atom. The number of methoxy groups -OCH3 is 1. The molecular weight excluding hydrogens is 208 g/mol. The van der Waals surface area contributed by atoms with Crippen LogP contribution >= 0.6 is 11.8 Å². The number of thioether (sulfide) groups is 1. The van der Waals surface area contributed by atoms with Crippen LogP contribution in [0.1, 0.15) is 5.82 Å². The average molecular weight is 222 g/mol. The first kappa shape index (κ1) is 10.5. The van der Waals surface area contributed by atoms with E-state index in [2.05, 4.69) is 34.0 Å². The summed E-state index contributed by atoms with van der Waals surface area (Å²) in [5.74, 6) is 0.967. The third kappa shape index (κ3) is 1.75. The van der Waals surface area contributed by atoms with Crippen molar-refractivity contribution < 1.29 is 4.74 Å². The van der Waals surface area contributed by atoms with Gasteiger partial charge in [0.2, 0.25) is 0 Å². The van der Waals surface area contributed by atoms with E-state index < -0.39 is 0 Å². The van der Waals surface area contributed by atoms with Gasteiger partial charge in [-0.2, -0.15) is 0 Å². The van der Waals surface area contributed by atoms with Crippen LogP contribution in [0.5, 0.6) is 0 Å². The highest BCUT2D eigenvalue weighted by Crippen LogP contribution is 2.25. The number of para-hydroxylation sites is 1. The quantitative estimate of drug-likeness (QED) is 0.746. The first-order chi connectivity index (χ1) is 7.27. The van der Waals surface area contributed by atoms with Crippen LogP contribution in [0, 0.1) is 0 Å². The van der Waals surface area contributed by atoms with Crippen LogP contribution < -0.4 is 0 Å². The van der Waals surface area contributed by atoms with E-state index in [-0.39, 0.29) is 0 Å². The normalized spacial score (nSPS) is 11.1. The van der Waals surface area contributed by atoms with Crippen molar-refractivity contribution in [2.75, 3.05) is 13.4 Å². The fraction of sp³-hybridized carbons (Fsp3) is 0.364. The lowest BCUT2D eigenvalue weighted by molar-refractivity contribution is 0.176.